The van der Waals surface area contributed by atoms with Gasteiger partial charge >= 0.3 is 0 Å². The second-order valence-electron chi connectivity index (χ2n) is 2.61. The van der Waals surface area contributed by atoms with E-state index in [2.05, 4.69) is 26.0 Å². The molecule has 0 atom stereocenters. The highest BCUT2D eigenvalue weighted by molar-refractivity contribution is 9.10. The topological polar surface area (TPSA) is 38.3 Å². The summed E-state index contributed by atoms with van der Waals surface area (Å²) in [5, 5.41) is 2.56. The maximum Gasteiger partial charge on any atom is 0.250 e. The molecule has 0 saturated heterocycles. The van der Waals surface area contributed by atoms with Crippen molar-refractivity contribution in [1.29, 1.82) is 0 Å². The van der Waals surface area contributed by atoms with Crippen molar-refractivity contribution in [3.05, 3.63) is 28.5 Å². The summed E-state index contributed by atoms with van der Waals surface area (Å²) in [6, 6.07) is 4.03. The van der Waals surface area contributed by atoms with Crippen LogP contribution in [0.15, 0.2) is 22.7 Å². The number of rotatable bonds is 3. The first kappa shape index (κ1) is 11.1. The number of benzene rings is 1. The number of halogens is 2. The molecule has 0 aliphatic rings. The third-order valence-electron chi connectivity index (χ3n) is 1.48. The van der Waals surface area contributed by atoms with Crippen LogP contribution >= 0.6 is 15.9 Å². The maximum atomic E-state index is 12.7. The van der Waals surface area contributed by atoms with E-state index in [-0.39, 0.29) is 18.3 Å². The highest BCUT2D eigenvalue weighted by Crippen LogP contribution is 2.22. The summed E-state index contributed by atoms with van der Waals surface area (Å²) in [4.78, 5) is 11.1. The molecule has 0 aliphatic heterocycles. The van der Waals surface area contributed by atoms with Gasteiger partial charge in [0.1, 0.15) is 12.4 Å². The number of carbonyl (C=O) groups is 1. The standard InChI is InChI=1S/C9H9BrFNO2/c1-14-5-9(13)12-8-3-2-6(11)4-7(8)10/h2-4H,5H2,1H3,(H,12,13). The lowest BCUT2D eigenvalue weighted by Crippen LogP contribution is -2.17. The smallest absolute Gasteiger partial charge is 0.250 e. The van der Waals surface area contributed by atoms with Crippen molar-refractivity contribution in [1.82, 2.24) is 0 Å². The van der Waals surface area contributed by atoms with Gasteiger partial charge < -0.3 is 10.1 Å². The van der Waals surface area contributed by atoms with Crippen LogP contribution in [-0.2, 0) is 9.53 Å². The van der Waals surface area contributed by atoms with Crippen LogP contribution in [0.1, 0.15) is 0 Å². The fraction of sp³-hybridized carbons (Fsp3) is 0.222. The lowest BCUT2D eigenvalue weighted by Gasteiger charge is -2.06. The largest absolute Gasteiger partial charge is 0.375 e. The predicted octanol–water partition coefficient (Wildman–Crippen LogP) is 2.17. The van der Waals surface area contributed by atoms with Crippen molar-refractivity contribution in [3.63, 3.8) is 0 Å². The molecule has 14 heavy (non-hydrogen) atoms. The fourth-order valence-corrected chi connectivity index (χ4v) is 1.36. The molecule has 1 N–H and O–H groups in total. The summed E-state index contributed by atoms with van der Waals surface area (Å²) in [7, 11) is 1.43. The highest BCUT2D eigenvalue weighted by atomic mass is 79.9. The van der Waals surface area contributed by atoms with Crippen LogP contribution in [0.5, 0.6) is 0 Å². The van der Waals surface area contributed by atoms with Gasteiger partial charge in [-0.05, 0) is 34.1 Å². The molecule has 1 aromatic carbocycles. The van der Waals surface area contributed by atoms with Crippen molar-refractivity contribution < 1.29 is 13.9 Å². The van der Waals surface area contributed by atoms with Crippen LogP contribution in [0.3, 0.4) is 0 Å². The first-order chi connectivity index (χ1) is 6.63. The number of methoxy groups -OCH3 is 1. The van der Waals surface area contributed by atoms with E-state index in [0.717, 1.165) is 0 Å². The Morgan fingerprint density at radius 1 is 1.64 bits per heavy atom. The zero-order valence-electron chi connectivity index (χ0n) is 7.51. The van der Waals surface area contributed by atoms with Crippen LogP contribution in [-0.4, -0.2) is 19.6 Å². The van der Waals surface area contributed by atoms with E-state index in [4.69, 9.17) is 0 Å². The van der Waals surface area contributed by atoms with Gasteiger partial charge in [-0.15, -0.1) is 0 Å². The van der Waals surface area contributed by atoms with Gasteiger partial charge in [0.05, 0.1) is 5.69 Å². The molecule has 0 spiro atoms. The second-order valence-corrected chi connectivity index (χ2v) is 3.46. The van der Waals surface area contributed by atoms with E-state index in [1.165, 1.54) is 25.3 Å². The summed E-state index contributed by atoms with van der Waals surface area (Å²) in [5.41, 5.74) is 0.522. The van der Waals surface area contributed by atoms with Gasteiger partial charge in [-0.3, -0.25) is 4.79 Å². The minimum absolute atomic E-state index is 0.0240. The Morgan fingerprint density at radius 3 is 2.93 bits per heavy atom. The Labute approximate surface area is 89.4 Å². The third-order valence-corrected chi connectivity index (χ3v) is 2.14. The van der Waals surface area contributed by atoms with Gasteiger partial charge in [-0.2, -0.15) is 0 Å². The first-order valence-electron chi connectivity index (χ1n) is 3.87. The van der Waals surface area contributed by atoms with E-state index in [0.29, 0.717) is 10.2 Å². The molecule has 0 aliphatic carbocycles. The number of amides is 1. The molecule has 0 heterocycles. The molecule has 0 aromatic heterocycles. The number of hydrogen-bond donors (Lipinski definition) is 1. The van der Waals surface area contributed by atoms with Gasteiger partial charge in [-0.1, -0.05) is 0 Å². The molecule has 0 saturated carbocycles. The van der Waals surface area contributed by atoms with E-state index >= 15 is 0 Å². The first-order valence-corrected chi connectivity index (χ1v) is 4.66. The molecule has 1 aromatic rings. The van der Waals surface area contributed by atoms with Crippen molar-refractivity contribution in [2.24, 2.45) is 0 Å². The van der Waals surface area contributed by atoms with Crippen LogP contribution in [0.4, 0.5) is 10.1 Å². The zero-order valence-corrected chi connectivity index (χ0v) is 9.10. The number of nitrogens with one attached hydrogen (secondary N) is 1. The van der Waals surface area contributed by atoms with Crippen LogP contribution in [0, 0.1) is 5.82 Å². The summed E-state index contributed by atoms with van der Waals surface area (Å²) < 4.78 is 17.8. The number of anilines is 1. The van der Waals surface area contributed by atoms with E-state index in [1.54, 1.807) is 0 Å². The molecule has 5 heteroatoms. The van der Waals surface area contributed by atoms with Gasteiger partial charge in [-0.25, -0.2) is 4.39 Å². The normalized spacial score (nSPS) is 9.93. The second kappa shape index (κ2) is 5.07. The lowest BCUT2D eigenvalue weighted by atomic mass is 10.3. The average Bonchev–Trinajstić information content (AvgIpc) is 2.10. The SMILES string of the molecule is COCC(=O)Nc1ccc(F)cc1Br. The van der Waals surface area contributed by atoms with Crippen LogP contribution in [0.2, 0.25) is 0 Å². The minimum Gasteiger partial charge on any atom is -0.375 e. The van der Waals surface area contributed by atoms with Gasteiger partial charge in [0.2, 0.25) is 5.91 Å². The Bertz CT molecular complexity index is 344. The van der Waals surface area contributed by atoms with Gasteiger partial charge in [0, 0.05) is 11.6 Å². The predicted molar refractivity (Wildman–Crippen MR) is 54.6 cm³/mol. The molecule has 0 bridgehead atoms. The highest BCUT2D eigenvalue weighted by Gasteiger charge is 2.05. The quantitative estimate of drug-likeness (QED) is 0.906. The maximum absolute atomic E-state index is 12.7. The monoisotopic (exact) mass is 261 g/mol. The molecule has 0 unspecified atom stereocenters. The molecule has 1 rings (SSSR count). The Hall–Kier alpha value is -0.940. The number of ether oxygens (including phenoxy) is 1. The molecule has 76 valence electrons. The van der Waals surface area contributed by atoms with Crippen LogP contribution in [0.25, 0.3) is 0 Å². The summed E-state index contributed by atoms with van der Waals surface area (Å²) in [5.74, 6) is -0.638. The van der Waals surface area contributed by atoms with E-state index < -0.39 is 0 Å². The number of hydrogen-bond acceptors (Lipinski definition) is 2. The van der Waals surface area contributed by atoms with E-state index in [9.17, 15) is 9.18 Å². The fourth-order valence-electron chi connectivity index (χ4n) is 0.908. The summed E-state index contributed by atoms with van der Waals surface area (Å²) in [6.07, 6.45) is 0. The van der Waals surface area contributed by atoms with Crippen molar-refractivity contribution in [2.75, 3.05) is 19.0 Å². The molecular weight excluding hydrogens is 253 g/mol. The van der Waals surface area contributed by atoms with Gasteiger partial charge in [0.25, 0.3) is 0 Å². The molecule has 0 fully saturated rings. The number of carbonyl (C=O) groups excluding carboxylic acids is 1. The van der Waals surface area contributed by atoms with Crippen LogP contribution < -0.4 is 5.32 Å². The van der Waals surface area contributed by atoms with Crippen molar-refractivity contribution in [2.45, 2.75) is 0 Å². The summed E-state index contributed by atoms with van der Waals surface area (Å²) >= 11 is 3.13. The molecule has 3 nitrogen and oxygen atoms in total. The Balaban J connectivity index is 2.72. The molecule has 0 radical (unpaired) electrons. The minimum atomic E-state index is -0.360. The van der Waals surface area contributed by atoms with E-state index in [1.807, 2.05) is 0 Å². The lowest BCUT2D eigenvalue weighted by molar-refractivity contribution is -0.119. The third kappa shape index (κ3) is 3.08. The zero-order chi connectivity index (χ0) is 10.6. The molecule has 1 amide bonds. The Kier molecular flexibility index (Phi) is 4.03. The average molecular weight is 262 g/mol. The van der Waals surface area contributed by atoms with Gasteiger partial charge in [0.15, 0.2) is 0 Å². The van der Waals surface area contributed by atoms with Crippen molar-refractivity contribution >= 4 is 27.5 Å². The Morgan fingerprint density at radius 2 is 2.36 bits per heavy atom. The summed E-state index contributed by atoms with van der Waals surface area (Å²) in [6.45, 7) is -0.0240. The van der Waals surface area contributed by atoms with Crippen molar-refractivity contribution in [3.8, 4) is 0 Å². The molecular formula is C9H9BrFNO2.